The largest absolute Gasteiger partial charge is 0.497 e. The second-order valence-corrected chi connectivity index (χ2v) is 7.60. The summed E-state index contributed by atoms with van der Waals surface area (Å²) in [6.45, 7) is 0.320. The third-order valence-corrected chi connectivity index (χ3v) is 5.38. The van der Waals surface area contributed by atoms with Crippen molar-refractivity contribution in [2.75, 3.05) is 14.2 Å². The molecule has 0 aliphatic carbocycles. The van der Waals surface area contributed by atoms with Crippen LogP contribution in [-0.2, 0) is 6.61 Å². The van der Waals surface area contributed by atoms with E-state index >= 15 is 0 Å². The van der Waals surface area contributed by atoms with E-state index in [9.17, 15) is 4.79 Å². The summed E-state index contributed by atoms with van der Waals surface area (Å²) in [5.74, 6) is 1.23. The van der Waals surface area contributed by atoms with Gasteiger partial charge in [-0.3, -0.25) is 4.79 Å². The zero-order valence-corrected chi connectivity index (χ0v) is 19.3. The number of amides is 1. The molecule has 0 aliphatic rings. The van der Waals surface area contributed by atoms with Gasteiger partial charge in [0, 0.05) is 17.2 Å². The monoisotopic (exact) mass is 465 g/mol. The molecule has 35 heavy (non-hydrogen) atoms. The van der Waals surface area contributed by atoms with Crippen LogP contribution in [0.25, 0.3) is 10.8 Å². The number of hydrazone groups is 1. The lowest BCUT2D eigenvalue weighted by Gasteiger charge is -2.12. The van der Waals surface area contributed by atoms with E-state index in [1.807, 2.05) is 48.5 Å². The molecule has 1 N–H and O–H groups in total. The van der Waals surface area contributed by atoms with Gasteiger partial charge in [-0.1, -0.05) is 42.5 Å². The van der Waals surface area contributed by atoms with Crippen LogP contribution in [0.1, 0.15) is 27.0 Å². The molecule has 0 spiro atoms. The summed E-state index contributed by atoms with van der Waals surface area (Å²) < 4.78 is 16.5. The van der Waals surface area contributed by atoms with Crippen LogP contribution in [-0.4, -0.2) is 26.3 Å². The second kappa shape index (κ2) is 10.9. The summed E-state index contributed by atoms with van der Waals surface area (Å²) in [4.78, 5) is 12.7. The lowest BCUT2D eigenvalue weighted by molar-refractivity contribution is 0.0954. The fourth-order valence-corrected chi connectivity index (χ4v) is 3.53. The van der Waals surface area contributed by atoms with Crippen molar-refractivity contribution in [2.45, 2.75) is 6.61 Å². The lowest BCUT2D eigenvalue weighted by atomic mass is 10.0. The zero-order valence-electron chi connectivity index (χ0n) is 19.3. The number of carbonyl (C=O) groups is 1. The molecule has 0 atom stereocenters. The van der Waals surface area contributed by atoms with Crippen molar-refractivity contribution in [3.63, 3.8) is 0 Å². The van der Waals surface area contributed by atoms with Gasteiger partial charge in [-0.05, 0) is 46.7 Å². The average molecular weight is 466 g/mol. The molecule has 4 aromatic rings. The molecular formula is C28H23N3O4. The standard InChI is InChI=1S/C28H23N3O4/c1-33-23-13-22(14-24(15-23)34-2)28(32)31-30-17-26-25-6-4-3-5-21(25)11-12-27(26)35-18-20-9-7-19(16-29)8-10-20/h3-15,17H,18H2,1-2H3,(H,31,32)/b30-17-. The summed E-state index contributed by atoms with van der Waals surface area (Å²) in [6.07, 6.45) is 1.58. The van der Waals surface area contributed by atoms with Gasteiger partial charge in [0.15, 0.2) is 0 Å². The number of carbonyl (C=O) groups excluding carboxylic acids is 1. The van der Waals surface area contributed by atoms with E-state index in [2.05, 4.69) is 16.6 Å². The zero-order chi connectivity index (χ0) is 24.6. The maximum Gasteiger partial charge on any atom is 0.271 e. The first kappa shape index (κ1) is 23.3. The number of rotatable bonds is 8. The first-order valence-electron chi connectivity index (χ1n) is 10.8. The van der Waals surface area contributed by atoms with Crippen LogP contribution in [0.4, 0.5) is 0 Å². The molecule has 0 aliphatic heterocycles. The Morgan fingerprint density at radius 3 is 2.37 bits per heavy atom. The van der Waals surface area contributed by atoms with Gasteiger partial charge in [-0.15, -0.1) is 0 Å². The number of benzene rings is 4. The van der Waals surface area contributed by atoms with Gasteiger partial charge in [0.05, 0.1) is 32.1 Å². The first-order chi connectivity index (χ1) is 17.1. The van der Waals surface area contributed by atoms with Crippen LogP contribution >= 0.6 is 0 Å². The maximum absolute atomic E-state index is 12.7. The van der Waals surface area contributed by atoms with Gasteiger partial charge < -0.3 is 14.2 Å². The highest BCUT2D eigenvalue weighted by molar-refractivity contribution is 6.03. The highest BCUT2D eigenvalue weighted by Crippen LogP contribution is 2.28. The summed E-state index contributed by atoms with van der Waals surface area (Å²) >= 11 is 0. The summed E-state index contributed by atoms with van der Waals surface area (Å²) in [5, 5.41) is 15.1. The lowest BCUT2D eigenvalue weighted by Crippen LogP contribution is -2.18. The third kappa shape index (κ3) is 5.57. The number of nitrogens with zero attached hydrogens (tertiary/aromatic N) is 2. The van der Waals surface area contributed by atoms with Gasteiger partial charge >= 0.3 is 0 Å². The molecule has 7 nitrogen and oxygen atoms in total. The highest BCUT2D eigenvalue weighted by atomic mass is 16.5. The Bertz CT molecular complexity index is 1400. The van der Waals surface area contributed by atoms with E-state index in [-0.39, 0.29) is 0 Å². The summed E-state index contributed by atoms with van der Waals surface area (Å²) in [7, 11) is 3.04. The molecule has 174 valence electrons. The Labute approximate surface area is 203 Å². The minimum absolute atomic E-state index is 0.320. The Kier molecular flexibility index (Phi) is 7.24. The Hall–Kier alpha value is -4.83. The van der Waals surface area contributed by atoms with Crippen molar-refractivity contribution in [3.05, 3.63) is 101 Å². The number of fused-ring (bicyclic) bond motifs is 1. The Morgan fingerprint density at radius 2 is 1.69 bits per heavy atom. The Morgan fingerprint density at radius 1 is 0.971 bits per heavy atom. The SMILES string of the molecule is COc1cc(OC)cc(C(=O)N/N=C\c2c(OCc3ccc(C#N)cc3)ccc3ccccc23)c1. The van der Waals surface area contributed by atoms with E-state index < -0.39 is 5.91 Å². The topological polar surface area (TPSA) is 92.9 Å². The van der Waals surface area contributed by atoms with Crippen molar-refractivity contribution in [3.8, 4) is 23.3 Å². The predicted molar refractivity (Wildman–Crippen MR) is 134 cm³/mol. The molecule has 0 saturated heterocycles. The third-order valence-electron chi connectivity index (χ3n) is 5.38. The minimum atomic E-state index is -0.404. The van der Waals surface area contributed by atoms with Crippen molar-refractivity contribution in [2.24, 2.45) is 5.10 Å². The number of hydrogen-bond donors (Lipinski definition) is 1. The van der Waals surface area contributed by atoms with Crippen LogP contribution in [0.3, 0.4) is 0 Å². The molecule has 0 heterocycles. The highest BCUT2D eigenvalue weighted by Gasteiger charge is 2.11. The van der Waals surface area contributed by atoms with Gasteiger partial charge in [0.2, 0.25) is 0 Å². The number of ether oxygens (including phenoxy) is 3. The van der Waals surface area contributed by atoms with E-state index in [0.29, 0.717) is 35.0 Å². The van der Waals surface area contributed by atoms with E-state index in [1.165, 1.54) is 14.2 Å². The van der Waals surface area contributed by atoms with Crippen molar-refractivity contribution < 1.29 is 19.0 Å². The number of nitrogens with one attached hydrogen (secondary N) is 1. The maximum atomic E-state index is 12.7. The van der Waals surface area contributed by atoms with E-state index in [1.54, 1.807) is 36.5 Å². The van der Waals surface area contributed by atoms with Crippen LogP contribution in [0.5, 0.6) is 17.2 Å². The van der Waals surface area contributed by atoms with E-state index in [4.69, 9.17) is 19.5 Å². The van der Waals surface area contributed by atoms with Crippen LogP contribution in [0, 0.1) is 11.3 Å². The van der Waals surface area contributed by atoms with Crippen LogP contribution in [0.15, 0.2) is 84.0 Å². The number of hydrogen-bond acceptors (Lipinski definition) is 6. The quantitative estimate of drug-likeness (QED) is 0.290. The number of methoxy groups -OCH3 is 2. The van der Waals surface area contributed by atoms with Crippen molar-refractivity contribution in [1.29, 1.82) is 5.26 Å². The van der Waals surface area contributed by atoms with Gasteiger partial charge in [0.25, 0.3) is 5.91 Å². The fourth-order valence-electron chi connectivity index (χ4n) is 3.53. The summed E-state index contributed by atoms with van der Waals surface area (Å²) in [6, 6.07) is 25.9. The molecule has 4 aromatic carbocycles. The molecular weight excluding hydrogens is 442 g/mol. The van der Waals surface area contributed by atoms with Crippen molar-refractivity contribution >= 4 is 22.9 Å². The predicted octanol–water partition coefficient (Wildman–Crippen LogP) is 5.07. The molecule has 0 saturated carbocycles. The molecule has 0 aromatic heterocycles. The number of nitriles is 1. The normalized spacial score (nSPS) is 10.7. The van der Waals surface area contributed by atoms with E-state index in [0.717, 1.165) is 21.9 Å². The van der Waals surface area contributed by atoms with Gasteiger partial charge in [-0.2, -0.15) is 10.4 Å². The minimum Gasteiger partial charge on any atom is -0.497 e. The fraction of sp³-hybridized carbons (Fsp3) is 0.107. The molecule has 0 unspecified atom stereocenters. The van der Waals surface area contributed by atoms with Gasteiger partial charge in [0.1, 0.15) is 23.9 Å². The molecule has 4 rings (SSSR count). The molecule has 0 radical (unpaired) electrons. The summed E-state index contributed by atoms with van der Waals surface area (Å²) in [5.41, 5.74) is 5.18. The smallest absolute Gasteiger partial charge is 0.271 e. The second-order valence-electron chi connectivity index (χ2n) is 7.60. The molecule has 0 bridgehead atoms. The van der Waals surface area contributed by atoms with Crippen LogP contribution in [0.2, 0.25) is 0 Å². The van der Waals surface area contributed by atoms with Crippen LogP contribution < -0.4 is 19.6 Å². The van der Waals surface area contributed by atoms with Gasteiger partial charge in [-0.25, -0.2) is 5.43 Å². The average Bonchev–Trinajstić information content (AvgIpc) is 2.92. The first-order valence-corrected chi connectivity index (χ1v) is 10.8. The van der Waals surface area contributed by atoms with Crippen molar-refractivity contribution in [1.82, 2.24) is 5.43 Å². The molecule has 0 fully saturated rings. The Balaban J connectivity index is 1.57. The molecule has 7 heteroatoms. The molecule has 1 amide bonds.